The molecule has 2 atom stereocenters. The highest BCUT2D eigenvalue weighted by Crippen LogP contribution is 2.45. The summed E-state index contributed by atoms with van der Waals surface area (Å²) in [7, 11) is 0. The maximum absolute atomic E-state index is 13.6. The summed E-state index contributed by atoms with van der Waals surface area (Å²) in [6.07, 6.45) is 0.219. The fourth-order valence-corrected chi connectivity index (χ4v) is 5.90. The van der Waals surface area contributed by atoms with Crippen molar-refractivity contribution < 1.29 is 23.9 Å². The van der Waals surface area contributed by atoms with Gasteiger partial charge < -0.3 is 14.3 Å². The maximum Gasteiger partial charge on any atom is 0.410 e. The highest BCUT2D eigenvalue weighted by molar-refractivity contribution is 6.02. The first-order valence-electron chi connectivity index (χ1n) is 13.4. The summed E-state index contributed by atoms with van der Waals surface area (Å²) in [5.74, 6) is -0.543. The number of oxime groups is 1. The minimum Gasteiger partial charge on any atom is -0.458 e. The van der Waals surface area contributed by atoms with Gasteiger partial charge in [-0.15, -0.1) is 0 Å². The molecule has 2 aliphatic heterocycles. The molecule has 1 aliphatic carbocycles. The highest BCUT2D eigenvalue weighted by Gasteiger charge is 2.55. The number of hydrogen-bond acceptors (Lipinski definition) is 6. The SMILES string of the molecule is CC(C)(C)OC(=O)C1C[C@]2(CC(c3ccccc3)=NO2)CN1C(=O)OCC1c2ccccc2-c2ccccc21. The van der Waals surface area contributed by atoms with Crippen LogP contribution in [0.2, 0.25) is 0 Å². The number of rotatable bonds is 4. The van der Waals surface area contributed by atoms with Crippen LogP contribution >= 0.6 is 0 Å². The number of ether oxygens (including phenoxy) is 2. The van der Waals surface area contributed by atoms with E-state index in [0.717, 1.165) is 33.5 Å². The lowest BCUT2D eigenvalue weighted by Gasteiger charge is -2.27. The number of esters is 1. The standard InChI is InChI=1S/C32H32N2O5/c1-31(2,3)38-29(35)28-18-32(17-27(33-39-32)21-11-5-4-6-12-21)20-34(28)30(36)37-19-26-24-15-9-7-13-22(24)23-14-8-10-16-25(23)26/h4-16,26,28H,17-20H2,1-3H3/t28?,32-/m1/s1. The van der Waals surface area contributed by atoms with Crippen LogP contribution in [-0.2, 0) is 19.1 Å². The van der Waals surface area contributed by atoms with E-state index >= 15 is 0 Å². The number of hydrogen-bond donors (Lipinski definition) is 0. The summed E-state index contributed by atoms with van der Waals surface area (Å²) in [6, 6.07) is 25.4. The smallest absolute Gasteiger partial charge is 0.410 e. The van der Waals surface area contributed by atoms with Crippen LogP contribution in [0, 0.1) is 0 Å². The summed E-state index contributed by atoms with van der Waals surface area (Å²) < 4.78 is 11.6. The van der Waals surface area contributed by atoms with Crippen LogP contribution in [0.5, 0.6) is 0 Å². The lowest BCUT2D eigenvalue weighted by molar-refractivity contribution is -0.160. The molecule has 0 radical (unpaired) electrons. The van der Waals surface area contributed by atoms with E-state index in [-0.39, 0.29) is 25.5 Å². The summed E-state index contributed by atoms with van der Waals surface area (Å²) in [5, 5.41) is 4.35. The summed E-state index contributed by atoms with van der Waals surface area (Å²) in [4.78, 5) is 34.3. The van der Waals surface area contributed by atoms with E-state index in [0.29, 0.717) is 6.42 Å². The van der Waals surface area contributed by atoms with Crippen molar-refractivity contribution >= 4 is 17.8 Å². The molecule has 3 aliphatic rings. The van der Waals surface area contributed by atoms with Crippen LogP contribution in [0.3, 0.4) is 0 Å². The van der Waals surface area contributed by atoms with E-state index in [4.69, 9.17) is 14.3 Å². The fourth-order valence-electron chi connectivity index (χ4n) is 5.90. The summed E-state index contributed by atoms with van der Waals surface area (Å²) in [6.45, 7) is 5.80. The number of amides is 1. The molecule has 1 spiro atoms. The number of nitrogens with zero attached hydrogens (tertiary/aromatic N) is 2. The molecule has 1 saturated heterocycles. The number of carbonyl (C=O) groups is 2. The Balaban J connectivity index is 1.22. The predicted molar refractivity (Wildman–Crippen MR) is 147 cm³/mol. The van der Waals surface area contributed by atoms with Crippen LogP contribution in [0.4, 0.5) is 4.79 Å². The molecule has 0 saturated carbocycles. The van der Waals surface area contributed by atoms with Gasteiger partial charge in [0.25, 0.3) is 0 Å². The van der Waals surface area contributed by atoms with Crippen molar-refractivity contribution in [1.82, 2.24) is 4.90 Å². The molecular formula is C32H32N2O5. The van der Waals surface area contributed by atoms with E-state index in [1.54, 1.807) is 0 Å². The summed E-state index contributed by atoms with van der Waals surface area (Å²) >= 11 is 0. The molecule has 0 aromatic heterocycles. The van der Waals surface area contributed by atoms with Crippen LogP contribution in [-0.4, -0.2) is 53.1 Å². The molecule has 7 heteroatoms. The van der Waals surface area contributed by atoms with Gasteiger partial charge in [0.15, 0.2) is 5.60 Å². The second kappa shape index (κ2) is 9.56. The third-order valence-corrected chi connectivity index (χ3v) is 7.60. The van der Waals surface area contributed by atoms with Gasteiger partial charge in [0, 0.05) is 18.8 Å². The average Bonchev–Trinajstić information content (AvgIpc) is 3.61. The second-order valence-corrected chi connectivity index (χ2v) is 11.5. The van der Waals surface area contributed by atoms with Gasteiger partial charge in [0.1, 0.15) is 18.2 Å². The third kappa shape index (κ3) is 4.78. The van der Waals surface area contributed by atoms with Gasteiger partial charge in [0.2, 0.25) is 0 Å². The van der Waals surface area contributed by atoms with E-state index in [1.807, 2.05) is 75.4 Å². The Morgan fingerprint density at radius 1 is 0.949 bits per heavy atom. The van der Waals surface area contributed by atoms with Crippen molar-refractivity contribution in [3.8, 4) is 11.1 Å². The molecule has 6 rings (SSSR count). The molecule has 1 amide bonds. The number of benzene rings is 3. The summed E-state index contributed by atoms with van der Waals surface area (Å²) in [5.41, 5.74) is 4.84. The van der Waals surface area contributed by atoms with E-state index in [9.17, 15) is 9.59 Å². The first-order valence-corrected chi connectivity index (χ1v) is 13.4. The highest BCUT2D eigenvalue weighted by atomic mass is 16.7. The quantitative estimate of drug-likeness (QED) is 0.396. The fraction of sp³-hybridized carbons (Fsp3) is 0.344. The van der Waals surface area contributed by atoms with Gasteiger partial charge in [-0.05, 0) is 48.6 Å². The Bertz CT molecular complexity index is 1400. The van der Waals surface area contributed by atoms with E-state index < -0.39 is 29.3 Å². The molecule has 39 heavy (non-hydrogen) atoms. The van der Waals surface area contributed by atoms with Gasteiger partial charge in [0.05, 0.1) is 12.3 Å². The average molecular weight is 525 g/mol. The monoisotopic (exact) mass is 524 g/mol. The van der Waals surface area contributed by atoms with Gasteiger partial charge >= 0.3 is 12.1 Å². The molecule has 0 bridgehead atoms. The molecule has 3 aromatic rings. The van der Waals surface area contributed by atoms with E-state index in [2.05, 4.69) is 29.4 Å². The second-order valence-electron chi connectivity index (χ2n) is 11.5. The predicted octanol–water partition coefficient (Wildman–Crippen LogP) is 5.91. The molecule has 200 valence electrons. The minimum atomic E-state index is -0.829. The Labute approximate surface area is 228 Å². The topological polar surface area (TPSA) is 77.4 Å². The number of carbonyl (C=O) groups excluding carboxylic acids is 2. The van der Waals surface area contributed by atoms with E-state index in [1.165, 1.54) is 4.90 Å². The van der Waals surface area contributed by atoms with Gasteiger partial charge in [-0.2, -0.15) is 0 Å². The first kappa shape index (κ1) is 25.2. The molecule has 2 heterocycles. The maximum atomic E-state index is 13.6. The Kier molecular flexibility index (Phi) is 6.17. The molecule has 0 N–H and O–H groups in total. The van der Waals surface area contributed by atoms with Gasteiger partial charge in [-0.25, -0.2) is 9.59 Å². The van der Waals surface area contributed by atoms with Gasteiger partial charge in [-0.1, -0.05) is 84.0 Å². The minimum absolute atomic E-state index is 0.0753. The van der Waals surface area contributed by atoms with Crippen LogP contribution in [0.25, 0.3) is 11.1 Å². The third-order valence-electron chi connectivity index (χ3n) is 7.60. The van der Waals surface area contributed by atoms with Crippen molar-refractivity contribution in [2.45, 2.75) is 56.8 Å². The first-order chi connectivity index (χ1) is 18.7. The zero-order valence-electron chi connectivity index (χ0n) is 22.4. The number of likely N-dealkylation sites (tertiary alicyclic amines) is 1. The zero-order valence-corrected chi connectivity index (χ0v) is 22.4. The Morgan fingerprint density at radius 2 is 1.56 bits per heavy atom. The van der Waals surface area contributed by atoms with Crippen molar-refractivity contribution in [3.63, 3.8) is 0 Å². The van der Waals surface area contributed by atoms with Crippen LogP contribution in [0.15, 0.2) is 84.0 Å². The Morgan fingerprint density at radius 3 is 2.21 bits per heavy atom. The van der Waals surface area contributed by atoms with Crippen LogP contribution in [0.1, 0.15) is 56.2 Å². The largest absolute Gasteiger partial charge is 0.458 e. The number of fused-ring (bicyclic) bond motifs is 3. The van der Waals surface area contributed by atoms with Gasteiger partial charge in [-0.3, -0.25) is 4.90 Å². The normalized spacial score (nSPS) is 21.8. The van der Waals surface area contributed by atoms with Crippen molar-refractivity contribution in [1.29, 1.82) is 0 Å². The molecule has 1 fully saturated rings. The molecule has 1 unspecified atom stereocenters. The zero-order chi connectivity index (χ0) is 27.2. The lowest BCUT2D eigenvalue weighted by atomic mass is 9.92. The molecular weight excluding hydrogens is 492 g/mol. The van der Waals surface area contributed by atoms with Crippen LogP contribution < -0.4 is 0 Å². The molecule has 3 aromatic carbocycles. The molecule has 7 nitrogen and oxygen atoms in total. The van der Waals surface area contributed by atoms with Crippen molar-refractivity contribution in [3.05, 3.63) is 95.6 Å². The van der Waals surface area contributed by atoms with Crippen molar-refractivity contribution in [2.24, 2.45) is 5.16 Å². The van der Waals surface area contributed by atoms with Crippen molar-refractivity contribution in [2.75, 3.05) is 13.2 Å². The lowest BCUT2D eigenvalue weighted by Crippen LogP contribution is -2.44. The Hall–Kier alpha value is -4.13.